The monoisotopic (exact) mass is 561 g/mol. The lowest BCUT2D eigenvalue weighted by molar-refractivity contribution is -0.384. The molecule has 0 aliphatic heterocycles. The van der Waals surface area contributed by atoms with E-state index in [1.54, 1.807) is 19.1 Å². The first-order valence-corrected chi connectivity index (χ1v) is 11.0. The molecule has 0 spiro atoms. The van der Waals surface area contributed by atoms with E-state index in [1.807, 2.05) is 6.07 Å². The summed E-state index contributed by atoms with van der Waals surface area (Å²) in [6.45, 7) is 1.44. The number of hydrogen-bond acceptors (Lipinski definition) is 9. The summed E-state index contributed by atoms with van der Waals surface area (Å²) in [5.74, 6) is -0.0365. The summed E-state index contributed by atoms with van der Waals surface area (Å²) in [6, 6.07) is 9.14. The van der Waals surface area contributed by atoms with Crippen LogP contribution >= 0.6 is 27.5 Å². The number of non-ortho nitro benzene ring substituents is 1. The van der Waals surface area contributed by atoms with Gasteiger partial charge in [0.1, 0.15) is 23.2 Å². The normalized spacial score (nSPS) is 10.8. The highest BCUT2D eigenvalue weighted by Crippen LogP contribution is 2.32. The summed E-state index contributed by atoms with van der Waals surface area (Å²) >= 11 is 9.50. The van der Waals surface area contributed by atoms with Gasteiger partial charge in [-0.15, -0.1) is 0 Å². The first-order chi connectivity index (χ1) is 16.7. The molecule has 1 N–H and O–H groups in total. The number of benzene rings is 1. The second-order valence-electron chi connectivity index (χ2n) is 6.92. The molecular weight excluding hydrogens is 546 g/mol. The van der Waals surface area contributed by atoms with E-state index in [0.29, 0.717) is 27.1 Å². The van der Waals surface area contributed by atoms with Gasteiger partial charge in [0.05, 0.1) is 28.5 Å². The summed E-state index contributed by atoms with van der Waals surface area (Å²) in [5.41, 5.74) is 3.78. The van der Waals surface area contributed by atoms with Gasteiger partial charge in [-0.2, -0.15) is 10.4 Å². The number of carbonyl (C=O) groups is 1. The fourth-order valence-corrected chi connectivity index (χ4v) is 3.54. The van der Waals surface area contributed by atoms with Gasteiger partial charge in [0.15, 0.2) is 6.61 Å². The quantitative estimate of drug-likeness (QED) is 0.227. The van der Waals surface area contributed by atoms with Crippen LogP contribution in [0.1, 0.15) is 22.6 Å². The van der Waals surface area contributed by atoms with Crippen LogP contribution in [-0.2, 0) is 16.1 Å². The number of hydrogen-bond donors (Lipinski definition) is 1. The van der Waals surface area contributed by atoms with Crippen molar-refractivity contribution in [2.75, 3.05) is 13.7 Å². The highest BCUT2D eigenvalue weighted by Gasteiger charge is 2.18. The van der Waals surface area contributed by atoms with Gasteiger partial charge < -0.3 is 13.9 Å². The standard InChI is InChI=1S/C22H17BrClN5O6/c1-12-21(23)17(10-33-2)16(8-25)22(27-12)34-11-20(30)28-26-9-14-4-6-19(35-14)15-7-13(29(31)32)3-5-18(15)24/h3-7,9H,10-11H2,1-2H3,(H,28,30). The van der Waals surface area contributed by atoms with Gasteiger partial charge in [0.25, 0.3) is 11.6 Å². The maximum absolute atomic E-state index is 12.1. The molecule has 3 aromatic rings. The zero-order valence-electron chi connectivity index (χ0n) is 18.4. The van der Waals surface area contributed by atoms with Crippen molar-refractivity contribution in [3.63, 3.8) is 0 Å². The Labute approximate surface area is 212 Å². The van der Waals surface area contributed by atoms with Crippen LogP contribution in [0, 0.1) is 28.4 Å². The number of hydrazone groups is 1. The number of methoxy groups -OCH3 is 1. The van der Waals surface area contributed by atoms with Crippen molar-refractivity contribution in [1.82, 2.24) is 10.4 Å². The second-order valence-corrected chi connectivity index (χ2v) is 8.12. The van der Waals surface area contributed by atoms with E-state index in [0.717, 1.165) is 0 Å². The van der Waals surface area contributed by atoms with Crippen molar-refractivity contribution in [2.24, 2.45) is 5.10 Å². The lowest BCUT2D eigenvalue weighted by Crippen LogP contribution is -2.25. The smallest absolute Gasteiger partial charge is 0.278 e. The topological polar surface area (TPSA) is 153 Å². The van der Waals surface area contributed by atoms with E-state index in [1.165, 1.54) is 31.5 Å². The molecule has 2 aromatic heterocycles. The Morgan fingerprint density at radius 2 is 2.20 bits per heavy atom. The van der Waals surface area contributed by atoms with Gasteiger partial charge in [0.2, 0.25) is 5.88 Å². The Bertz CT molecular complexity index is 1350. The molecule has 0 radical (unpaired) electrons. The number of amides is 1. The van der Waals surface area contributed by atoms with E-state index in [9.17, 15) is 20.2 Å². The fourth-order valence-electron chi connectivity index (χ4n) is 2.93. The molecule has 13 heteroatoms. The number of aryl methyl sites for hydroxylation is 1. The summed E-state index contributed by atoms with van der Waals surface area (Å²) < 4.78 is 16.8. The molecule has 0 unspecified atom stereocenters. The van der Waals surface area contributed by atoms with Crippen LogP contribution in [0.25, 0.3) is 11.3 Å². The van der Waals surface area contributed by atoms with Gasteiger partial charge in [-0.25, -0.2) is 10.4 Å². The van der Waals surface area contributed by atoms with Crippen molar-refractivity contribution < 1.29 is 23.6 Å². The number of nitro groups is 1. The number of nitrogens with one attached hydrogen (secondary N) is 1. The molecule has 0 saturated carbocycles. The Kier molecular flexibility index (Phi) is 8.53. The predicted molar refractivity (Wildman–Crippen MR) is 129 cm³/mol. The molecule has 35 heavy (non-hydrogen) atoms. The highest BCUT2D eigenvalue weighted by molar-refractivity contribution is 9.10. The van der Waals surface area contributed by atoms with E-state index in [-0.39, 0.29) is 34.5 Å². The summed E-state index contributed by atoms with van der Waals surface area (Å²) in [7, 11) is 1.50. The summed E-state index contributed by atoms with van der Waals surface area (Å²) in [4.78, 5) is 26.8. The van der Waals surface area contributed by atoms with Crippen LogP contribution in [0.4, 0.5) is 5.69 Å². The number of carbonyl (C=O) groups excluding carboxylic acids is 1. The van der Waals surface area contributed by atoms with Crippen molar-refractivity contribution in [2.45, 2.75) is 13.5 Å². The maximum Gasteiger partial charge on any atom is 0.278 e. The lowest BCUT2D eigenvalue weighted by atomic mass is 10.1. The molecule has 0 fully saturated rings. The molecular formula is C22H17BrClN5O6. The Morgan fingerprint density at radius 1 is 1.43 bits per heavy atom. The number of aromatic nitrogens is 1. The van der Waals surface area contributed by atoms with Crippen molar-refractivity contribution in [3.05, 3.63) is 72.5 Å². The average molecular weight is 563 g/mol. The minimum Gasteiger partial charge on any atom is -0.467 e. The number of furan rings is 1. The molecule has 0 atom stereocenters. The van der Waals surface area contributed by atoms with Crippen LogP contribution < -0.4 is 10.2 Å². The van der Waals surface area contributed by atoms with Crippen molar-refractivity contribution >= 4 is 45.3 Å². The third-order valence-electron chi connectivity index (χ3n) is 4.54. The van der Waals surface area contributed by atoms with Gasteiger partial charge in [0, 0.05) is 34.8 Å². The minimum absolute atomic E-state index is 0.00360. The molecule has 11 nitrogen and oxygen atoms in total. The molecule has 0 saturated heterocycles. The number of nitrogens with zero attached hydrogens (tertiary/aromatic N) is 4. The van der Waals surface area contributed by atoms with E-state index in [4.69, 9.17) is 25.5 Å². The van der Waals surface area contributed by atoms with E-state index in [2.05, 4.69) is 31.4 Å². The van der Waals surface area contributed by atoms with E-state index >= 15 is 0 Å². The second kappa shape index (κ2) is 11.6. The first-order valence-electron chi connectivity index (χ1n) is 9.82. The molecule has 0 bridgehead atoms. The third kappa shape index (κ3) is 6.21. The highest BCUT2D eigenvalue weighted by atomic mass is 79.9. The Balaban J connectivity index is 1.64. The molecule has 180 valence electrons. The van der Waals surface area contributed by atoms with Crippen LogP contribution in [0.2, 0.25) is 5.02 Å². The zero-order chi connectivity index (χ0) is 25.5. The van der Waals surface area contributed by atoms with Crippen LogP contribution in [-0.4, -0.2) is 35.7 Å². The van der Waals surface area contributed by atoms with Gasteiger partial charge in [-0.1, -0.05) is 11.6 Å². The summed E-state index contributed by atoms with van der Waals surface area (Å²) in [5, 5.41) is 24.6. The van der Waals surface area contributed by atoms with E-state index < -0.39 is 17.4 Å². The molecule has 0 aliphatic carbocycles. The number of rotatable bonds is 9. The van der Waals surface area contributed by atoms with Crippen LogP contribution in [0.15, 0.2) is 44.3 Å². The Morgan fingerprint density at radius 3 is 2.89 bits per heavy atom. The van der Waals surface area contributed by atoms with Gasteiger partial charge >= 0.3 is 0 Å². The maximum atomic E-state index is 12.1. The molecule has 1 amide bonds. The molecule has 0 aliphatic rings. The third-order valence-corrected chi connectivity index (χ3v) is 5.92. The molecule has 2 heterocycles. The van der Waals surface area contributed by atoms with Crippen LogP contribution in [0.5, 0.6) is 5.88 Å². The van der Waals surface area contributed by atoms with Gasteiger partial charge in [-0.3, -0.25) is 14.9 Å². The molecule has 3 rings (SSSR count). The summed E-state index contributed by atoms with van der Waals surface area (Å²) in [6.07, 6.45) is 1.24. The number of nitriles is 1. The zero-order valence-corrected chi connectivity index (χ0v) is 20.7. The lowest BCUT2D eigenvalue weighted by Gasteiger charge is -2.13. The number of halogens is 2. The largest absolute Gasteiger partial charge is 0.467 e. The van der Waals surface area contributed by atoms with Gasteiger partial charge in [-0.05, 0) is 41.1 Å². The first kappa shape index (κ1) is 25.8. The Hall–Kier alpha value is -3.79. The fraction of sp³-hybridized carbons (Fsp3) is 0.182. The van der Waals surface area contributed by atoms with Crippen molar-refractivity contribution in [1.29, 1.82) is 5.26 Å². The molecule has 1 aromatic carbocycles. The SMILES string of the molecule is COCc1c(Br)c(C)nc(OCC(=O)NN=Cc2ccc(-c3cc([N+](=O)[O-])ccc3Cl)o2)c1C#N. The van der Waals surface area contributed by atoms with Crippen LogP contribution in [0.3, 0.4) is 0 Å². The van der Waals surface area contributed by atoms with Crippen molar-refractivity contribution in [3.8, 4) is 23.3 Å². The number of pyridine rings is 1. The average Bonchev–Trinajstić information content (AvgIpc) is 3.29. The minimum atomic E-state index is -0.602. The number of ether oxygens (including phenoxy) is 2. The number of nitro benzene ring substituents is 1. The predicted octanol–water partition coefficient (Wildman–Crippen LogP) is 4.52.